The minimum absolute atomic E-state index is 0.237. The fourth-order valence-electron chi connectivity index (χ4n) is 5.21. The molecule has 1 aliphatic rings. The standard InChI is InChI=1S/C34H46N4O4/c1-23-9-12-26(13-10-23)41-20-19-37(8)25-11-14-28(36-21-25)27-22-35-24(2)29(31(32(39)40)42-33(3,4)5)30(27)38-17-15-34(6,7)16-18-38/h9-14,21-22,31H,15-20H2,1-8H3,(H,39,40)/t31-/m0/s1. The molecule has 1 saturated heterocycles. The predicted octanol–water partition coefficient (Wildman–Crippen LogP) is 6.84. The number of likely N-dealkylation sites (N-methyl/N-ethyl adjacent to an activating group) is 1. The number of piperidine rings is 1. The molecular formula is C34H46N4O4. The van der Waals surface area contributed by atoms with Gasteiger partial charge in [0.25, 0.3) is 0 Å². The van der Waals surface area contributed by atoms with E-state index >= 15 is 0 Å². The highest BCUT2D eigenvalue weighted by atomic mass is 16.5. The van der Waals surface area contributed by atoms with Crippen molar-refractivity contribution in [3.05, 3.63) is 65.6 Å². The Bertz CT molecular complexity index is 1350. The number of carboxylic acid groups (broad SMARTS) is 1. The van der Waals surface area contributed by atoms with E-state index in [1.165, 1.54) is 5.56 Å². The zero-order valence-electron chi connectivity index (χ0n) is 26.4. The summed E-state index contributed by atoms with van der Waals surface area (Å²) in [5, 5.41) is 10.3. The lowest BCUT2D eigenvalue weighted by molar-refractivity contribution is -0.160. The van der Waals surface area contributed by atoms with E-state index in [2.05, 4.69) is 35.6 Å². The first-order chi connectivity index (χ1) is 19.7. The van der Waals surface area contributed by atoms with Crippen LogP contribution in [0.3, 0.4) is 0 Å². The smallest absolute Gasteiger partial charge is 0.337 e. The molecule has 0 radical (unpaired) electrons. The number of benzene rings is 1. The maximum Gasteiger partial charge on any atom is 0.337 e. The van der Waals surface area contributed by atoms with Crippen LogP contribution in [0.1, 0.15) is 70.4 Å². The molecule has 1 N–H and O–H groups in total. The van der Waals surface area contributed by atoms with Crippen molar-refractivity contribution in [2.45, 2.75) is 73.0 Å². The van der Waals surface area contributed by atoms with Crippen LogP contribution in [0.15, 0.2) is 48.8 Å². The lowest BCUT2D eigenvalue weighted by Crippen LogP contribution is -2.39. The zero-order valence-corrected chi connectivity index (χ0v) is 26.4. The number of aryl methyl sites for hydroxylation is 2. The number of aliphatic carboxylic acids is 1. The molecule has 0 bridgehead atoms. The highest BCUT2D eigenvalue weighted by molar-refractivity contribution is 5.85. The van der Waals surface area contributed by atoms with Gasteiger partial charge in [-0.05, 0) is 77.1 Å². The number of carbonyl (C=O) groups is 1. The second-order valence-electron chi connectivity index (χ2n) is 13.1. The average molecular weight is 575 g/mol. The van der Waals surface area contributed by atoms with E-state index in [4.69, 9.17) is 14.5 Å². The number of rotatable bonds is 10. The molecule has 1 atom stereocenters. The number of hydrogen-bond acceptors (Lipinski definition) is 7. The number of ether oxygens (including phenoxy) is 2. The van der Waals surface area contributed by atoms with Crippen molar-refractivity contribution in [2.24, 2.45) is 5.41 Å². The summed E-state index contributed by atoms with van der Waals surface area (Å²) in [6.45, 7) is 17.0. The molecular weight excluding hydrogens is 528 g/mol. The SMILES string of the molecule is Cc1ccc(OCCN(C)c2ccc(-c3cnc(C)c([C@H](OC(C)(C)C)C(=O)O)c3N3CCC(C)(C)CC3)nc2)cc1. The molecule has 0 saturated carbocycles. The van der Waals surface area contributed by atoms with Crippen molar-refractivity contribution in [3.63, 3.8) is 0 Å². The number of hydrogen-bond donors (Lipinski definition) is 1. The van der Waals surface area contributed by atoms with Crippen molar-refractivity contribution in [1.29, 1.82) is 0 Å². The van der Waals surface area contributed by atoms with Crippen LogP contribution >= 0.6 is 0 Å². The summed E-state index contributed by atoms with van der Waals surface area (Å²) in [5.41, 5.74) is 5.43. The third-order valence-corrected chi connectivity index (χ3v) is 7.86. The van der Waals surface area contributed by atoms with Gasteiger partial charge in [-0.2, -0.15) is 0 Å². The molecule has 2 aromatic heterocycles. The van der Waals surface area contributed by atoms with Crippen LogP contribution in [-0.2, 0) is 9.53 Å². The molecule has 8 heteroatoms. The summed E-state index contributed by atoms with van der Waals surface area (Å²) < 4.78 is 12.1. The quantitative estimate of drug-likeness (QED) is 0.282. The maximum absolute atomic E-state index is 12.6. The fourth-order valence-corrected chi connectivity index (χ4v) is 5.21. The summed E-state index contributed by atoms with van der Waals surface area (Å²) in [6, 6.07) is 12.1. The van der Waals surface area contributed by atoms with E-state index in [9.17, 15) is 9.90 Å². The predicted molar refractivity (Wildman–Crippen MR) is 169 cm³/mol. The Morgan fingerprint density at radius 3 is 2.29 bits per heavy atom. The molecule has 1 aromatic carbocycles. The van der Waals surface area contributed by atoms with Crippen LogP contribution in [0.4, 0.5) is 11.4 Å². The van der Waals surface area contributed by atoms with Gasteiger partial charge in [0.2, 0.25) is 0 Å². The minimum Gasteiger partial charge on any atom is -0.492 e. The number of anilines is 2. The Morgan fingerprint density at radius 2 is 1.71 bits per heavy atom. The van der Waals surface area contributed by atoms with E-state index in [0.29, 0.717) is 24.4 Å². The van der Waals surface area contributed by atoms with Crippen molar-refractivity contribution in [2.75, 3.05) is 43.1 Å². The Morgan fingerprint density at radius 1 is 1.05 bits per heavy atom. The molecule has 3 heterocycles. The molecule has 1 fully saturated rings. The number of aromatic nitrogens is 2. The highest BCUT2D eigenvalue weighted by Crippen LogP contribution is 2.43. The lowest BCUT2D eigenvalue weighted by Gasteiger charge is -2.40. The van der Waals surface area contributed by atoms with Crippen LogP contribution in [0.2, 0.25) is 0 Å². The molecule has 0 aliphatic carbocycles. The zero-order chi connectivity index (χ0) is 30.7. The maximum atomic E-state index is 12.6. The average Bonchev–Trinajstić information content (AvgIpc) is 2.92. The Kier molecular flexibility index (Phi) is 9.46. The van der Waals surface area contributed by atoms with Gasteiger partial charge >= 0.3 is 5.97 Å². The van der Waals surface area contributed by atoms with E-state index < -0.39 is 17.7 Å². The second kappa shape index (κ2) is 12.7. The van der Waals surface area contributed by atoms with Crippen LogP contribution in [0.5, 0.6) is 5.75 Å². The molecule has 0 spiro atoms. The first-order valence-corrected chi connectivity index (χ1v) is 14.8. The monoisotopic (exact) mass is 574 g/mol. The topological polar surface area (TPSA) is 88.0 Å². The summed E-state index contributed by atoms with van der Waals surface area (Å²) in [5.74, 6) is -0.169. The molecule has 3 aromatic rings. The molecule has 1 aliphatic heterocycles. The summed E-state index contributed by atoms with van der Waals surface area (Å²) in [4.78, 5) is 26.5. The highest BCUT2D eigenvalue weighted by Gasteiger charge is 2.36. The first-order valence-electron chi connectivity index (χ1n) is 14.8. The van der Waals surface area contributed by atoms with Gasteiger partial charge in [-0.1, -0.05) is 31.5 Å². The largest absolute Gasteiger partial charge is 0.492 e. The van der Waals surface area contributed by atoms with Gasteiger partial charge in [0.05, 0.1) is 35.4 Å². The van der Waals surface area contributed by atoms with Gasteiger partial charge in [0, 0.05) is 43.2 Å². The van der Waals surface area contributed by atoms with E-state index in [0.717, 1.165) is 54.3 Å². The van der Waals surface area contributed by atoms with E-state index in [1.54, 1.807) is 0 Å². The molecule has 42 heavy (non-hydrogen) atoms. The second-order valence-corrected chi connectivity index (χ2v) is 13.1. The van der Waals surface area contributed by atoms with E-state index in [-0.39, 0.29) is 5.41 Å². The molecule has 4 rings (SSSR count). The Labute approximate surface area is 250 Å². The molecule has 0 amide bonds. The Balaban J connectivity index is 1.64. The van der Waals surface area contributed by atoms with Crippen LogP contribution in [0.25, 0.3) is 11.3 Å². The van der Waals surface area contributed by atoms with Crippen molar-refractivity contribution in [3.8, 4) is 17.0 Å². The molecule has 0 unspecified atom stereocenters. The normalized spacial score (nSPS) is 15.8. The lowest BCUT2D eigenvalue weighted by atomic mass is 9.82. The summed E-state index contributed by atoms with van der Waals surface area (Å²) in [7, 11) is 2.02. The van der Waals surface area contributed by atoms with Crippen LogP contribution in [0, 0.1) is 19.3 Å². The van der Waals surface area contributed by atoms with Gasteiger partial charge < -0.3 is 24.4 Å². The van der Waals surface area contributed by atoms with Gasteiger partial charge in [-0.3, -0.25) is 9.97 Å². The van der Waals surface area contributed by atoms with Gasteiger partial charge in [-0.25, -0.2) is 4.79 Å². The third-order valence-electron chi connectivity index (χ3n) is 7.86. The minimum atomic E-state index is -1.15. The van der Waals surface area contributed by atoms with E-state index in [1.807, 2.05) is 83.5 Å². The molecule has 8 nitrogen and oxygen atoms in total. The van der Waals surface area contributed by atoms with Crippen molar-refractivity contribution < 1.29 is 19.4 Å². The first kappa shape index (κ1) is 31.3. The van der Waals surface area contributed by atoms with Crippen LogP contribution in [-0.4, -0.2) is 59.9 Å². The number of pyridine rings is 2. The Hall–Kier alpha value is -3.65. The third kappa shape index (κ3) is 7.79. The summed E-state index contributed by atoms with van der Waals surface area (Å²) >= 11 is 0. The fraction of sp³-hybridized carbons (Fsp3) is 0.500. The summed E-state index contributed by atoms with van der Waals surface area (Å²) in [6.07, 6.45) is 4.54. The van der Waals surface area contributed by atoms with Crippen LogP contribution < -0.4 is 14.5 Å². The van der Waals surface area contributed by atoms with Crippen molar-refractivity contribution >= 4 is 17.3 Å². The van der Waals surface area contributed by atoms with Gasteiger partial charge in [0.15, 0.2) is 6.10 Å². The number of nitrogens with zero attached hydrogens (tertiary/aromatic N) is 4. The van der Waals surface area contributed by atoms with Crippen molar-refractivity contribution in [1.82, 2.24) is 9.97 Å². The van der Waals surface area contributed by atoms with Gasteiger partial charge in [-0.15, -0.1) is 0 Å². The molecule has 226 valence electrons. The number of carboxylic acids is 1. The van der Waals surface area contributed by atoms with Gasteiger partial charge in [0.1, 0.15) is 12.4 Å².